The van der Waals surface area contributed by atoms with Crippen LogP contribution in [0.2, 0.25) is 0 Å². The average molecular weight is 1060 g/mol. The van der Waals surface area contributed by atoms with Crippen molar-refractivity contribution in [3.63, 3.8) is 0 Å². The van der Waals surface area contributed by atoms with Gasteiger partial charge in [0.15, 0.2) is 0 Å². The van der Waals surface area contributed by atoms with Crippen LogP contribution >= 0.6 is 0 Å². The number of pyridine rings is 1. The van der Waals surface area contributed by atoms with E-state index in [1.54, 1.807) is 0 Å². The van der Waals surface area contributed by atoms with Gasteiger partial charge in [0, 0.05) is 80.5 Å². The molecule has 0 radical (unpaired) electrons. The molecule has 8 heteroatoms. The molecule has 0 amide bonds. The van der Waals surface area contributed by atoms with Crippen LogP contribution in [0.4, 0.5) is 34.1 Å². The van der Waals surface area contributed by atoms with E-state index in [9.17, 15) is 0 Å². The number of amidine groups is 1. The van der Waals surface area contributed by atoms with E-state index in [1.165, 1.54) is 27.8 Å². The van der Waals surface area contributed by atoms with Crippen molar-refractivity contribution in [1.29, 1.82) is 0 Å². The Labute approximate surface area is 478 Å². The van der Waals surface area contributed by atoms with E-state index >= 15 is 0 Å². The maximum Gasteiger partial charge on any atom is 0.137 e. The molecular weight excluding hydrogens is 1000 g/mol. The van der Waals surface area contributed by atoms with Gasteiger partial charge in [-0.3, -0.25) is 4.99 Å². The van der Waals surface area contributed by atoms with Gasteiger partial charge in [-0.25, -0.2) is 15.0 Å². The van der Waals surface area contributed by atoms with Gasteiger partial charge >= 0.3 is 0 Å². The summed E-state index contributed by atoms with van der Waals surface area (Å²) in [6.07, 6.45) is 12.4. The molecule has 3 aromatic heterocycles. The maximum atomic E-state index is 5.84. The van der Waals surface area contributed by atoms with Gasteiger partial charge in [-0.1, -0.05) is 168 Å². The summed E-state index contributed by atoms with van der Waals surface area (Å²) in [6, 6.07) is 80.4. The first-order chi connectivity index (χ1) is 40.2. The molecule has 0 aliphatic carbocycles. The number of para-hydroxylation sites is 2. The molecule has 12 aromatic rings. The number of hydrogen-bond donors (Lipinski definition) is 0. The minimum Gasteiger partial charge on any atom is -0.331 e. The number of anilines is 6. The van der Waals surface area contributed by atoms with Gasteiger partial charge in [0.05, 0.1) is 40.7 Å². The fraction of sp³-hybridized carbons (Fsp3) is 0.0811. The molecule has 2 aliphatic heterocycles. The Balaban J connectivity index is 0.903. The van der Waals surface area contributed by atoms with Crippen molar-refractivity contribution < 1.29 is 0 Å². The lowest BCUT2D eigenvalue weighted by molar-refractivity contribution is 0.550. The lowest BCUT2D eigenvalue weighted by Crippen LogP contribution is -2.21. The lowest BCUT2D eigenvalue weighted by Gasteiger charge is -2.26. The number of allylic oxidation sites excluding steroid dienone is 2. The minimum absolute atomic E-state index is 0.0671. The lowest BCUT2D eigenvalue weighted by atomic mass is 9.93. The SMILES string of the molecule is Cc1cc(C)cc(-c2ccc(-c3cc(C)cc(C)c3)c3nc(-c4ccc(N(c5ccccc5)c5ccc(C6CN7C=CC=CC7=N6)cc5)cc4)c(-c4ccc(N(c5ccccc5)c5ccc(-c6cn7ccccc7n6)cc5)cc4)nc23)c1. The highest BCUT2D eigenvalue weighted by atomic mass is 15.2. The number of rotatable bonds is 12. The van der Waals surface area contributed by atoms with Crippen LogP contribution in [0.25, 0.3) is 72.7 Å². The predicted molar refractivity (Wildman–Crippen MR) is 339 cm³/mol. The summed E-state index contributed by atoms with van der Waals surface area (Å²) in [5.41, 5.74) is 24.6. The number of benzene rings is 9. The highest BCUT2D eigenvalue weighted by Gasteiger charge is 2.26. The van der Waals surface area contributed by atoms with Gasteiger partial charge in [-0.2, -0.15) is 0 Å². The van der Waals surface area contributed by atoms with E-state index in [-0.39, 0.29) is 6.04 Å². The molecular formula is C74H58N8. The Morgan fingerprint density at radius 3 is 1.34 bits per heavy atom. The first-order valence-corrected chi connectivity index (χ1v) is 28.0. The third-order valence-electron chi connectivity index (χ3n) is 15.6. The molecule has 2 aliphatic rings. The van der Waals surface area contributed by atoms with Crippen LogP contribution in [0, 0.1) is 27.7 Å². The van der Waals surface area contributed by atoms with E-state index in [2.05, 4.69) is 278 Å². The second-order valence-electron chi connectivity index (χ2n) is 21.6. The third-order valence-corrected chi connectivity index (χ3v) is 15.6. The van der Waals surface area contributed by atoms with E-state index in [0.29, 0.717) is 0 Å². The molecule has 1 atom stereocenters. The number of imidazole rings is 1. The molecule has 0 spiro atoms. The van der Waals surface area contributed by atoms with Crippen molar-refractivity contribution >= 4 is 56.6 Å². The summed E-state index contributed by atoms with van der Waals surface area (Å²) in [4.78, 5) is 28.5. The number of nitrogens with zero attached hydrogens (tertiary/aromatic N) is 8. The number of fused-ring (bicyclic) bond motifs is 3. The van der Waals surface area contributed by atoms with E-state index in [4.69, 9.17) is 19.9 Å². The number of aryl methyl sites for hydroxylation is 4. The van der Waals surface area contributed by atoms with Gasteiger partial charge < -0.3 is 19.1 Å². The standard InChI is InChI=1S/C74H58N8/c1-49-41-50(2)44-57(43-49)65-37-38-66(58-45-51(3)42-52(4)46-58)74-73(65)77-71(55-25-33-63(34-26-55)81(59-15-7-5-8-16-59)61-29-21-53(22-30-61)67-47-79-39-13-11-19-69(79)75-67)72(78-74)56-27-35-64(36-28-56)82(60-17-9-6-10-18-60)62-31-23-54(24-32-62)68-48-80-40-14-12-20-70(80)76-68/h5-47,68H,48H2,1-4H3. The Hall–Kier alpha value is -10.4. The van der Waals surface area contributed by atoms with Crippen LogP contribution in [0.3, 0.4) is 0 Å². The summed E-state index contributed by atoms with van der Waals surface area (Å²) in [5, 5.41) is 0. The van der Waals surface area contributed by atoms with Crippen LogP contribution < -0.4 is 9.80 Å². The highest BCUT2D eigenvalue weighted by Crippen LogP contribution is 2.43. The normalized spacial score (nSPS) is 13.6. The summed E-state index contributed by atoms with van der Waals surface area (Å²) in [7, 11) is 0. The average Bonchev–Trinajstić information content (AvgIpc) is 3.64. The number of hydrogen-bond acceptors (Lipinski definition) is 7. The molecule has 14 rings (SSSR count). The molecule has 1 unspecified atom stereocenters. The predicted octanol–water partition coefficient (Wildman–Crippen LogP) is 18.6. The zero-order valence-electron chi connectivity index (χ0n) is 46.2. The van der Waals surface area contributed by atoms with Crippen molar-refractivity contribution in [3.8, 4) is 56.0 Å². The van der Waals surface area contributed by atoms with Crippen LogP contribution in [-0.4, -0.2) is 36.6 Å². The Bertz CT molecular complexity index is 4370. The smallest absolute Gasteiger partial charge is 0.137 e. The van der Waals surface area contributed by atoms with Gasteiger partial charge in [-0.15, -0.1) is 0 Å². The number of aliphatic imine (C=N–C) groups is 1. The highest BCUT2D eigenvalue weighted by molar-refractivity contribution is 6.03. The molecule has 0 fully saturated rings. The summed E-state index contributed by atoms with van der Waals surface area (Å²) < 4.78 is 2.06. The molecule has 394 valence electrons. The van der Waals surface area contributed by atoms with Gasteiger partial charge in [0.1, 0.15) is 11.5 Å². The van der Waals surface area contributed by atoms with Crippen LogP contribution in [0.1, 0.15) is 33.9 Å². The molecule has 8 nitrogen and oxygen atoms in total. The fourth-order valence-corrected chi connectivity index (χ4v) is 11.9. The monoisotopic (exact) mass is 1060 g/mol. The van der Waals surface area contributed by atoms with Crippen molar-refractivity contribution in [3.05, 3.63) is 289 Å². The molecule has 0 saturated carbocycles. The summed E-state index contributed by atoms with van der Waals surface area (Å²) in [5.74, 6) is 1.01. The number of aromatic nitrogens is 4. The Morgan fingerprint density at radius 2 is 0.866 bits per heavy atom. The van der Waals surface area contributed by atoms with Crippen LogP contribution in [0.15, 0.2) is 266 Å². The van der Waals surface area contributed by atoms with Gasteiger partial charge in [0.25, 0.3) is 0 Å². The van der Waals surface area contributed by atoms with Crippen molar-refractivity contribution in [2.24, 2.45) is 4.99 Å². The van der Waals surface area contributed by atoms with Crippen LogP contribution in [0.5, 0.6) is 0 Å². The zero-order valence-corrected chi connectivity index (χ0v) is 46.2. The molecule has 0 N–H and O–H groups in total. The topological polar surface area (TPSA) is 65.2 Å². The third kappa shape index (κ3) is 9.60. The van der Waals surface area contributed by atoms with E-state index in [1.807, 2.05) is 30.5 Å². The second-order valence-corrected chi connectivity index (χ2v) is 21.6. The quantitative estimate of drug-likeness (QED) is 0.121. The fourth-order valence-electron chi connectivity index (χ4n) is 11.9. The van der Waals surface area contributed by atoms with Crippen molar-refractivity contribution in [2.45, 2.75) is 33.7 Å². The van der Waals surface area contributed by atoms with E-state index in [0.717, 1.165) is 119 Å². The van der Waals surface area contributed by atoms with E-state index < -0.39 is 0 Å². The minimum atomic E-state index is 0.0671. The molecule has 0 saturated heterocycles. The largest absolute Gasteiger partial charge is 0.331 e. The Kier molecular flexibility index (Phi) is 12.7. The second kappa shape index (κ2) is 21.0. The first-order valence-electron chi connectivity index (χ1n) is 28.0. The van der Waals surface area contributed by atoms with Crippen molar-refractivity contribution in [1.82, 2.24) is 24.3 Å². The maximum absolute atomic E-state index is 5.84. The first kappa shape index (κ1) is 49.8. The summed E-state index contributed by atoms with van der Waals surface area (Å²) in [6.45, 7) is 9.48. The summed E-state index contributed by atoms with van der Waals surface area (Å²) >= 11 is 0. The van der Waals surface area contributed by atoms with Gasteiger partial charge in [-0.05, 0) is 141 Å². The molecule has 0 bridgehead atoms. The van der Waals surface area contributed by atoms with Crippen LogP contribution in [-0.2, 0) is 0 Å². The van der Waals surface area contributed by atoms with Gasteiger partial charge in [0.2, 0.25) is 0 Å². The molecule has 9 aromatic carbocycles. The molecule has 82 heavy (non-hydrogen) atoms. The zero-order chi connectivity index (χ0) is 55.3. The Morgan fingerprint density at radius 1 is 0.415 bits per heavy atom. The van der Waals surface area contributed by atoms with Crippen molar-refractivity contribution in [2.75, 3.05) is 16.3 Å². The molecule has 5 heterocycles.